The van der Waals surface area contributed by atoms with E-state index in [0.717, 1.165) is 0 Å². The largest absolute Gasteiger partial charge is 0.478 e. The molecule has 136 valence electrons. The summed E-state index contributed by atoms with van der Waals surface area (Å²) in [4.78, 5) is 43.0. The Bertz CT molecular complexity index is 965. The highest BCUT2D eigenvalue weighted by Gasteiger charge is 2.40. The Morgan fingerprint density at radius 3 is 2.70 bits per heavy atom. The Morgan fingerprint density at radius 1 is 1.11 bits per heavy atom. The van der Waals surface area contributed by atoms with E-state index in [0.29, 0.717) is 41.9 Å². The molecule has 0 saturated heterocycles. The van der Waals surface area contributed by atoms with E-state index in [9.17, 15) is 19.5 Å². The zero-order valence-corrected chi connectivity index (χ0v) is 14.6. The number of carbonyl (C=O) groups excluding carboxylic acids is 2. The van der Waals surface area contributed by atoms with Crippen molar-refractivity contribution in [2.75, 3.05) is 4.90 Å². The van der Waals surface area contributed by atoms with Crippen LogP contribution in [0.4, 0.5) is 5.69 Å². The molecule has 0 spiro atoms. The van der Waals surface area contributed by atoms with Gasteiger partial charge in [0.2, 0.25) is 5.91 Å². The zero-order valence-electron chi connectivity index (χ0n) is 14.6. The topological polar surface area (TPSA) is 87.6 Å². The summed E-state index contributed by atoms with van der Waals surface area (Å²) in [5.74, 6) is -1.51. The number of pyridine rings is 1. The highest BCUT2D eigenvalue weighted by atomic mass is 16.4. The van der Waals surface area contributed by atoms with E-state index in [1.54, 1.807) is 24.4 Å². The van der Waals surface area contributed by atoms with Gasteiger partial charge in [-0.2, -0.15) is 0 Å². The predicted octanol–water partition coefficient (Wildman–Crippen LogP) is 3.31. The normalized spacial score (nSPS) is 19.9. The number of ketones is 1. The molecular formula is C21H18N2O4. The molecule has 6 heteroatoms. The highest BCUT2D eigenvalue weighted by molar-refractivity contribution is 6.07. The predicted molar refractivity (Wildman–Crippen MR) is 98.4 cm³/mol. The number of anilines is 1. The number of hydrogen-bond acceptors (Lipinski definition) is 4. The van der Waals surface area contributed by atoms with Gasteiger partial charge in [0.15, 0.2) is 5.78 Å². The average molecular weight is 362 g/mol. The molecular weight excluding hydrogens is 344 g/mol. The van der Waals surface area contributed by atoms with Gasteiger partial charge in [-0.25, -0.2) is 4.79 Å². The van der Waals surface area contributed by atoms with Crippen LogP contribution >= 0.6 is 0 Å². The summed E-state index contributed by atoms with van der Waals surface area (Å²) in [6.07, 6.45) is 3.54. The molecule has 2 aromatic rings. The molecule has 0 radical (unpaired) electrons. The number of hydrogen-bond donors (Lipinski definition) is 1. The van der Waals surface area contributed by atoms with Crippen LogP contribution in [-0.2, 0) is 9.59 Å². The molecule has 1 aliphatic carbocycles. The summed E-state index contributed by atoms with van der Waals surface area (Å²) in [6.45, 7) is 0. The minimum atomic E-state index is -1.05. The second kappa shape index (κ2) is 6.79. The number of Topliss-reactive ketones (excluding diaryl/α,β-unsaturated/α-hetero) is 1. The lowest BCUT2D eigenvalue weighted by Gasteiger charge is -2.38. The maximum absolute atomic E-state index is 13.0. The molecule has 1 aromatic heterocycles. The van der Waals surface area contributed by atoms with Gasteiger partial charge >= 0.3 is 5.97 Å². The van der Waals surface area contributed by atoms with Crippen molar-refractivity contribution in [3.63, 3.8) is 0 Å². The standard InChI is InChI=1S/C21H18N2O4/c24-18-9-4-8-17-20(18)15(16-7-1-2-10-22-16)12-19(25)23(17)14-6-3-5-13(11-14)21(26)27/h1-3,5-7,10-11,15H,4,8-9,12H2,(H,26,27). The van der Waals surface area contributed by atoms with Crippen LogP contribution in [0.15, 0.2) is 59.9 Å². The van der Waals surface area contributed by atoms with Crippen molar-refractivity contribution in [1.29, 1.82) is 0 Å². The van der Waals surface area contributed by atoms with E-state index in [4.69, 9.17) is 0 Å². The molecule has 4 rings (SSSR count). The highest BCUT2D eigenvalue weighted by Crippen LogP contribution is 2.42. The van der Waals surface area contributed by atoms with Gasteiger partial charge in [-0.3, -0.25) is 19.5 Å². The molecule has 0 fully saturated rings. The van der Waals surface area contributed by atoms with E-state index in [1.807, 2.05) is 12.1 Å². The number of rotatable bonds is 3. The third kappa shape index (κ3) is 3.03. The van der Waals surface area contributed by atoms with Crippen LogP contribution < -0.4 is 4.90 Å². The number of carboxylic acid groups (broad SMARTS) is 1. The van der Waals surface area contributed by atoms with Gasteiger partial charge in [0, 0.05) is 47.6 Å². The second-order valence-electron chi connectivity index (χ2n) is 6.73. The van der Waals surface area contributed by atoms with Crippen molar-refractivity contribution >= 4 is 23.3 Å². The van der Waals surface area contributed by atoms with Gasteiger partial charge in [0.05, 0.1) is 5.56 Å². The number of carboxylic acids is 1. The molecule has 2 heterocycles. The summed E-state index contributed by atoms with van der Waals surface area (Å²) in [5.41, 5.74) is 2.63. The van der Waals surface area contributed by atoms with Crippen LogP contribution in [0.2, 0.25) is 0 Å². The van der Waals surface area contributed by atoms with Gasteiger partial charge in [-0.05, 0) is 43.2 Å². The van der Waals surface area contributed by atoms with Crippen molar-refractivity contribution in [1.82, 2.24) is 4.98 Å². The third-order valence-electron chi connectivity index (χ3n) is 5.07. The van der Waals surface area contributed by atoms with E-state index in [-0.39, 0.29) is 29.6 Å². The quantitative estimate of drug-likeness (QED) is 0.905. The van der Waals surface area contributed by atoms with E-state index < -0.39 is 5.97 Å². The summed E-state index contributed by atoms with van der Waals surface area (Å²) >= 11 is 0. The smallest absolute Gasteiger partial charge is 0.335 e. The Hall–Kier alpha value is -3.28. The molecule has 0 bridgehead atoms. The van der Waals surface area contributed by atoms with Gasteiger partial charge in [0.1, 0.15) is 0 Å². The lowest BCUT2D eigenvalue weighted by atomic mass is 9.78. The van der Waals surface area contributed by atoms with Crippen molar-refractivity contribution in [2.24, 2.45) is 0 Å². The molecule has 1 aromatic carbocycles. The number of aromatic carboxylic acids is 1. The van der Waals surface area contributed by atoms with Crippen molar-refractivity contribution in [2.45, 2.75) is 31.6 Å². The summed E-state index contributed by atoms with van der Waals surface area (Å²) in [5, 5.41) is 9.26. The van der Waals surface area contributed by atoms with E-state index >= 15 is 0 Å². The Balaban J connectivity index is 1.86. The maximum Gasteiger partial charge on any atom is 0.335 e. The zero-order chi connectivity index (χ0) is 19.0. The first-order valence-corrected chi connectivity index (χ1v) is 8.89. The molecule has 27 heavy (non-hydrogen) atoms. The number of nitrogens with zero attached hydrogens (tertiary/aromatic N) is 2. The average Bonchev–Trinajstić information content (AvgIpc) is 2.68. The van der Waals surface area contributed by atoms with Crippen LogP contribution in [0.1, 0.15) is 47.7 Å². The van der Waals surface area contributed by atoms with E-state index in [1.165, 1.54) is 17.0 Å². The molecule has 1 amide bonds. The fourth-order valence-electron chi connectivity index (χ4n) is 3.91. The number of aromatic nitrogens is 1. The summed E-state index contributed by atoms with van der Waals surface area (Å²) in [7, 11) is 0. The Labute approximate surface area is 156 Å². The monoisotopic (exact) mass is 362 g/mol. The molecule has 1 unspecified atom stereocenters. The summed E-state index contributed by atoms with van der Waals surface area (Å²) < 4.78 is 0. The van der Waals surface area contributed by atoms with E-state index in [2.05, 4.69) is 4.98 Å². The van der Waals surface area contributed by atoms with Crippen molar-refractivity contribution < 1.29 is 19.5 Å². The lowest BCUT2D eigenvalue weighted by Crippen LogP contribution is -2.40. The molecule has 1 N–H and O–H groups in total. The third-order valence-corrected chi connectivity index (χ3v) is 5.07. The number of benzene rings is 1. The molecule has 6 nitrogen and oxygen atoms in total. The molecule has 2 aliphatic rings. The van der Waals surface area contributed by atoms with Gasteiger partial charge in [0.25, 0.3) is 0 Å². The van der Waals surface area contributed by atoms with Crippen molar-refractivity contribution in [3.8, 4) is 0 Å². The molecule has 1 aliphatic heterocycles. The second-order valence-corrected chi connectivity index (χ2v) is 6.73. The minimum absolute atomic E-state index is 0.0405. The van der Waals surface area contributed by atoms with Crippen LogP contribution in [0.25, 0.3) is 0 Å². The van der Waals surface area contributed by atoms with Crippen LogP contribution in [0.3, 0.4) is 0 Å². The number of allylic oxidation sites excluding steroid dienone is 2. The first-order chi connectivity index (χ1) is 13.1. The molecule has 0 saturated carbocycles. The van der Waals surface area contributed by atoms with Gasteiger partial charge in [-0.1, -0.05) is 12.1 Å². The SMILES string of the molecule is O=C1CCCC2=C1C(c1ccccn1)CC(=O)N2c1cccc(C(=O)O)c1. The van der Waals surface area contributed by atoms with Gasteiger partial charge < -0.3 is 5.11 Å². The minimum Gasteiger partial charge on any atom is -0.478 e. The number of carbonyl (C=O) groups is 3. The maximum atomic E-state index is 13.0. The number of amides is 1. The fourth-order valence-corrected chi connectivity index (χ4v) is 3.91. The lowest BCUT2D eigenvalue weighted by molar-refractivity contribution is -0.120. The van der Waals surface area contributed by atoms with Crippen LogP contribution in [0, 0.1) is 0 Å². The first kappa shape index (κ1) is 17.1. The molecule has 1 atom stereocenters. The van der Waals surface area contributed by atoms with Gasteiger partial charge in [-0.15, -0.1) is 0 Å². The summed E-state index contributed by atoms with van der Waals surface area (Å²) in [6, 6.07) is 11.8. The Morgan fingerprint density at radius 2 is 1.96 bits per heavy atom. The fraction of sp³-hybridized carbons (Fsp3) is 0.238. The van der Waals surface area contributed by atoms with Crippen molar-refractivity contribution in [3.05, 3.63) is 71.2 Å². The van der Waals surface area contributed by atoms with Crippen LogP contribution in [-0.4, -0.2) is 27.8 Å². The Kier molecular flexibility index (Phi) is 4.32. The van der Waals surface area contributed by atoms with Crippen LogP contribution in [0.5, 0.6) is 0 Å². The first-order valence-electron chi connectivity index (χ1n) is 8.89.